The molecule has 128 valence electrons. The molecule has 0 bridgehead atoms. The third-order valence-electron chi connectivity index (χ3n) is 4.61. The van der Waals surface area contributed by atoms with Crippen LogP contribution in [0.3, 0.4) is 0 Å². The van der Waals surface area contributed by atoms with Crippen molar-refractivity contribution in [3.63, 3.8) is 0 Å². The van der Waals surface area contributed by atoms with Crippen LogP contribution in [0.5, 0.6) is 0 Å². The molecule has 0 spiro atoms. The van der Waals surface area contributed by atoms with Crippen LogP contribution in [0, 0.1) is 0 Å². The number of rotatable bonds is 3. The van der Waals surface area contributed by atoms with Gasteiger partial charge in [0.25, 0.3) is 5.91 Å². The van der Waals surface area contributed by atoms with E-state index in [0.717, 1.165) is 30.0 Å². The molecular formula is C18H20N6O. The zero-order valence-corrected chi connectivity index (χ0v) is 14.3. The van der Waals surface area contributed by atoms with Crippen LogP contribution in [-0.2, 0) is 0 Å². The highest BCUT2D eigenvalue weighted by Crippen LogP contribution is 2.29. The van der Waals surface area contributed by atoms with Crippen molar-refractivity contribution in [2.24, 2.45) is 0 Å². The SMILES string of the molecule is CN(C)c1nc([C@@H]2CCN(C(=O)c3cccnc3)C2)cn2nccc12. The number of carbonyl (C=O) groups is 1. The predicted octanol–water partition coefficient (Wildman–Crippen LogP) is 1.82. The highest BCUT2D eigenvalue weighted by molar-refractivity contribution is 5.94. The van der Waals surface area contributed by atoms with Crippen molar-refractivity contribution < 1.29 is 4.79 Å². The highest BCUT2D eigenvalue weighted by atomic mass is 16.2. The van der Waals surface area contributed by atoms with E-state index in [1.54, 1.807) is 30.7 Å². The first-order valence-electron chi connectivity index (χ1n) is 8.34. The molecule has 0 N–H and O–H groups in total. The second-order valence-corrected chi connectivity index (χ2v) is 6.52. The Bertz CT molecular complexity index is 904. The number of fused-ring (bicyclic) bond motifs is 1. The van der Waals surface area contributed by atoms with Crippen molar-refractivity contribution in [2.45, 2.75) is 12.3 Å². The summed E-state index contributed by atoms with van der Waals surface area (Å²) in [6.45, 7) is 1.40. The van der Waals surface area contributed by atoms with Gasteiger partial charge in [-0.15, -0.1) is 0 Å². The van der Waals surface area contributed by atoms with Gasteiger partial charge in [0.15, 0.2) is 5.82 Å². The minimum atomic E-state index is 0.0311. The Hall–Kier alpha value is -2.96. The van der Waals surface area contributed by atoms with Crippen LogP contribution in [0.4, 0.5) is 5.82 Å². The normalized spacial score (nSPS) is 17.2. The van der Waals surface area contributed by atoms with Crippen LogP contribution in [0.25, 0.3) is 5.52 Å². The summed E-state index contributed by atoms with van der Waals surface area (Å²) >= 11 is 0. The third-order valence-corrected chi connectivity index (χ3v) is 4.61. The first-order valence-corrected chi connectivity index (χ1v) is 8.34. The monoisotopic (exact) mass is 336 g/mol. The quantitative estimate of drug-likeness (QED) is 0.730. The van der Waals surface area contributed by atoms with Crippen LogP contribution in [0.1, 0.15) is 28.4 Å². The number of hydrogen-bond acceptors (Lipinski definition) is 5. The zero-order valence-electron chi connectivity index (χ0n) is 14.3. The summed E-state index contributed by atoms with van der Waals surface area (Å²) in [5, 5.41) is 4.36. The molecule has 3 aromatic heterocycles. The average molecular weight is 336 g/mol. The van der Waals surface area contributed by atoms with Crippen molar-refractivity contribution in [1.29, 1.82) is 0 Å². The molecule has 1 saturated heterocycles. The average Bonchev–Trinajstić information content (AvgIpc) is 3.30. The summed E-state index contributed by atoms with van der Waals surface area (Å²) in [6.07, 6.45) is 7.95. The zero-order chi connectivity index (χ0) is 17.4. The Kier molecular flexibility index (Phi) is 3.83. The minimum absolute atomic E-state index is 0.0311. The number of hydrogen-bond donors (Lipinski definition) is 0. The van der Waals surface area contributed by atoms with E-state index in [2.05, 4.69) is 10.1 Å². The molecule has 1 aliphatic rings. The van der Waals surface area contributed by atoms with E-state index in [-0.39, 0.29) is 11.8 Å². The number of anilines is 1. The van der Waals surface area contributed by atoms with Crippen molar-refractivity contribution in [3.8, 4) is 0 Å². The molecule has 0 radical (unpaired) electrons. The topological polar surface area (TPSA) is 66.6 Å². The lowest BCUT2D eigenvalue weighted by Gasteiger charge is -2.18. The fourth-order valence-electron chi connectivity index (χ4n) is 3.31. The maximum atomic E-state index is 12.6. The summed E-state index contributed by atoms with van der Waals surface area (Å²) in [5.74, 6) is 1.14. The van der Waals surface area contributed by atoms with Crippen molar-refractivity contribution in [3.05, 3.63) is 54.2 Å². The van der Waals surface area contributed by atoms with Crippen LogP contribution < -0.4 is 4.90 Å². The molecule has 7 nitrogen and oxygen atoms in total. The number of pyridine rings is 1. The molecule has 0 saturated carbocycles. The summed E-state index contributed by atoms with van der Waals surface area (Å²) in [7, 11) is 3.96. The van der Waals surface area contributed by atoms with E-state index < -0.39 is 0 Å². The molecule has 0 aliphatic carbocycles. The largest absolute Gasteiger partial charge is 0.361 e. The van der Waals surface area contributed by atoms with Gasteiger partial charge in [0.05, 0.1) is 23.7 Å². The lowest BCUT2D eigenvalue weighted by molar-refractivity contribution is 0.0790. The summed E-state index contributed by atoms with van der Waals surface area (Å²) in [6, 6.07) is 5.55. The highest BCUT2D eigenvalue weighted by Gasteiger charge is 2.29. The van der Waals surface area contributed by atoms with E-state index in [0.29, 0.717) is 12.1 Å². The minimum Gasteiger partial charge on any atom is -0.361 e. The smallest absolute Gasteiger partial charge is 0.255 e. The summed E-state index contributed by atoms with van der Waals surface area (Å²) in [5.41, 5.74) is 2.59. The molecule has 4 rings (SSSR count). The molecule has 0 unspecified atom stereocenters. The number of aromatic nitrogens is 4. The Balaban J connectivity index is 1.59. The molecule has 1 atom stereocenters. The van der Waals surface area contributed by atoms with Gasteiger partial charge in [-0.1, -0.05) is 0 Å². The third kappa shape index (κ3) is 2.82. The lowest BCUT2D eigenvalue weighted by Crippen LogP contribution is -2.28. The second-order valence-electron chi connectivity index (χ2n) is 6.52. The predicted molar refractivity (Wildman–Crippen MR) is 94.8 cm³/mol. The van der Waals surface area contributed by atoms with Crippen LogP contribution in [-0.4, -0.2) is 57.6 Å². The van der Waals surface area contributed by atoms with E-state index in [1.807, 2.05) is 40.7 Å². The van der Waals surface area contributed by atoms with Crippen LogP contribution in [0.2, 0.25) is 0 Å². The molecule has 4 heterocycles. The lowest BCUT2D eigenvalue weighted by atomic mass is 10.1. The number of nitrogens with zero attached hydrogens (tertiary/aromatic N) is 6. The van der Waals surface area contributed by atoms with Gasteiger partial charge >= 0.3 is 0 Å². The van der Waals surface area contributed by atoms with Gasteiger partial charge in [-0.3, -0.25) is 9.78 Å². The van der Waals surface area contributed by atoms with E-state index in [9.17, 15) is 4.79 Å². The Labute approximate surface area is 145 Å². The summed E-state index contributed by atoms with van der Waals surface area (Å²) in [4.78, 5) is 25.4. The molecule has 1 amide bonds. The standard InChI is InChI=1S/C18H20N6O/c1-22(2)17-16-5-8-20-24(16)12-15(21-17)14-6-9-23(11-14)18(25)13-4-3-7-19-10-13/h3-5,7-8,10,12,14H,6,9,11H2,1-2H3/t14-/m1/s1. The molecule has 1 fully saturated rings. The molecule has 0 aromatic carbocycles. The number of carbonyl (C=O) groups excluding carboxylic acids is 1. The fraction of sp³-hybridized carbons (Fsp3) is 0.333. The van der Waals surface area contributed by atoms with Crippen molar-refractivity contribution >= 4 is 17.2 Å². The number of likely N-dealkylation sites (tertiary alicyclic amines) is 1. The van der Waals surface area contributed by atoms with Gasteiger partial charge in [0.1, 0.15) is 5.52 Å². The van der Waals surface area contributed by atoms with Gasteiger partial charge in [-0.05, 0) is 24.6 Å². The van der Waals surface area contributed by atoms with Crippen LogP contribution in [0.15, 0.2) is 43.0 Å². The second kappa shape index (κ2) is 6.16. The van der Waals surface area contributed by atoms with E-state index in [4.69, 9.17) is 4.98 Å². The first-order chi connectivity index (χ1) is 12.1. The van der Waals surface area contributed by atoms with E-state index >= 15 is 0 Å². The maximum absolute atomic E-state index is 12.6. The molecule has 1 aliphatic heterocycles. The maximum Gasteiger partial charge on any atom is 0.255 e. The Morgan fingerprint density at radius 2 is 2.16 bits per heavy atom. The van der Waals surface area contributed by atoms with E-state index in [1.165, 1.54) is 0 Å². The fourth-order valence-corrected chi connectivity index (χ4v) is 3.31. The van der Waals surface area contributed by atoms with Gasteiger partial charge < -0.3 is 9.80 Å². The van der Waals surface area contributed by atoms with Gasteiger partial charge in [0, 0.05) is 45.5 Å². The van der Waals surface area contributed by atoms with Gasteiger partial charge in [-0.25, -0.2) is 9.50 Å². The molecule has 7 heteroatoms. The molecule has 25 heavy (non-hydrogen) atoms. The van der Waals surface area contributed by atoms with Crippen molar-refractivity contribution in [1.82, 2.24) is 24.5 Å². The van der Waals surface area contributed by atoms with Gasteiger partial charge in [0.2, 0.25) is 0 Å². The Morgan fingerprint density at radius 3 is 2.92 bits per heavy atom. The molecule has 3 aromatic rings. The Morgan fingerprint density at radius 1 is 1.28 bits per heavy atom. The first kappa shape index (κ1) is 15.6. The number of amides is 1. The molecular weight excluding hydrogens is 316 g/mol. The van der Waals surface area contributed by atoms with Crippen molar-refractivity contribution in [2.75, 3.05) is 32.1 Å². The summed E-state index contributed by atoms with van der Waals surface area (Å²) < 4.78 is 1.86. The van der Waals surface area contributed by atoms with Gasteiger partial charge in [-0.2, -0.15) is 5.10 Å². The van der Waals surface area contributed by atoms with Crippen LogP contribution >= 0.6 is 0 Å².